The summed E-state index contributed by atoms with van der Waals surface area (Å²) >= 11 is 0. The Hall–Kier alpha value is -0.770. The highest BCUT2D eigenvalue weighted by atomic mass is 16.6. The summed E-state index contributed by atoms with van der Waals surface area (Å²) in [4.78, 5) is 11.5. The standard InChI is InChI=1S/C11H24N2O2/c1-10(2,3)15-9(14)13-11(4,5)7-6-8-12/h6-8,12H2,1-5H3,(H,13,14). The number of nitrogens with two attached hydrogens (primary N) is 1. The molecule has 0 saturated heterocycles. The van der Waals surface area contributed by atoms with Crippen molar-refractivity contribution in [3.05, 3.63) is 0 Å². The molecular formula is C11H24N2O2. The summed E-state index contributed by atoms with van der Waals surface area (Å²) in [5.41, 5.74) is 4.71. The van der Waals surface area contributed by atoms with Gasteiger partial charge in [0.25, 0.3) is 0 Å². The molecule has 3 N–H and O–H groups in total. The SMILES string of the molecule is CC(C)(CCCN)NC(=O)OC(C)(C)C. The highest BCUT2D eigenvalue weighted by Gasteiger charge is 2.23. The van der Waals surface area contributed by atoms with Gasteiger partial charge < -0.3 is 15.8 Å². The van der Waals surface area contributed by atoms with Crippen molar-refractivity contribution >= 4 is 6.09 Å². The van der Waals surface area contributed by atoms with Gasteiger partial charge in [-0.3, -0.25) is 0 Å². The Kier molecular flexibility index (Phi) is 5.08. The van der Waals surface area contributed by atoms with E-state index >= 15 is 0 Å². The van der Waals surface area contributed by atoms with E-state index in [1.165, 1.54) is 0 Å². The lowest BCUT2D eigenvalue weighted by atomic mass is 9.99. The summed E-state index contributed by atoms with van der Waals surface area (Å²) in [6.45, 7) is 10.1. The van der Waals surface area contributed by atoms with Crippen LogP contribution in [0.25, 0.3) is 0 Å². The number of hydrogen-bond donors (Lipinski definition) is 2. The molecule has 0 rings (SSSR count). The number of carbonyl (C=O) groups is 1. The van der Waals surface area contributed by atoms with Crippen LogP contribution >= 0.6 is 0 Å². The zero-order chi connectivity index (χ0) is 12.1. The predicted octanol–water partition coefficient (Wildman–Crippen LogP) is 2.03. The third-order valence-corrected chi connectivity index (χ3v) is 1.85. The Bertz CT molecular complexity index is 207. The van der Waals surface area contributed by atoms with Crippen LogP contribution in [0.3, 0.4) is 0 Å². The number of amides is 1. The molecule has 0 aliphatic rings. The van der Waals surface area contributed by atoms with Gasteiger partial charge in [0.2, 0.25) is 0 Å². The van der Waals surface area contributed by atoms with E-state index < -0.39 is 5.60 Å². The van der Waals surface area contributed by atoms with E-state index in [-0.39, 0.29) is 11.6 Å². The molecule has 0 bridgehead atoms. The second kappa shape index (κ2) is 5.35. The molecule has 0 radical (unpaired) electrons. The molecule has 0 saturated carbocycles. The zero-order valence-electron chi connectivity index (χ0n) is 10.5. The molecule has 15 heavy (non-hydrogen) atoms. The van der Waals surface area contributed by atoms with Gasteiger partial charge in [-0.25, -0.2) is 4.79 Å². The highest BCUT2D eigenvalue weighted by molar-refractivity contribution is 5.68. The number of carbonyl (C=O) groups excluding carboxylic acids is 1. The maximum Gasteiger partial charge on any atom is 0.408 e. The van der Waals surface area contributed by atoms with Crippen molar-refractivity contribution < 1.29 is 9.53 Å². The summed E-state index contributed by atoms with van der Waals surface area (Å²) in [7, 11) is 0. The van der Waals surface area contributed by atoms with E-state index in [4.69, 9.17) is 10.5 Å². The van der Waals surface area contributed by atoms with Gasteiger partial charge >= 0.3 is 6.09 Å². The lowest BCUT2D eigenvalue weighted by molar-refractivity contribution is 0.0467. The number of alkyl carbamates (subject to hydrolysis) is 1. The summed E-state index contributed by atoms with van der Waals surface area (Å²) in [6, 6.07) is 0. The third-order valence-electron chi connectivity index (χ3n) is 1.85. The molecule has 0 aromatic rings. The van der Waals surface area contributed by atoms with Crippen molar-refractivity contribution in [2.45, 2.75) is 58.6 Å². The highest BCUT2D eigenvalue weighted by Crippen LogP contribution is 2.13. The first-order chi connectivity index (χ1) is 6.66. The fourth-order valence-corrected chi connectivity index (χ4v) is 1.19. The molecule has 4 heteroatoms. The minimum Gasteiger partial charge on any atom is -0.444 e. The van der Waals surface area contributed by atoms with E-state index in [1.54, 1.807) is 0 Å². The van der Waals surface area contributed by atoms with E-state index in [0.29, 0.717) is 6.54 Å². The summed E-state index contributed by atoms with van der Waals surface area (Å²) in [5.74, 6) is 0. The van der Waals surface area contributed by atoms with Gasteiger partial charge in [0.1, 0.15) is 5.60 Å². The second-order valence-electron chi connectivity index (χ2n) is 5.40. The Morgan fingerprint density at radius 2 is 1.80 bits per heavy atom. The van der Waals surface area contributed by atoms with Crippen molar-refractivity contribution in [3.8, 4) is 0 Å². The van der Waals surface area contributed by atoms with Gasteiger partial charge in [0.15, 0.2) is 0 Å². The van der Waals surface area contributed by atoms with Crippen LogP contribution in [-0.4, -0.2) is 23.8 Å². The fourth-order valence-electron chi connectivity index (χ4n) is 1.19. The summed E-state index contributed by atoms with van der Waals surface area (Å²) < 4.78 is 5.17. The van der Waals surface area contributed by atoms with Gasteiger partial charge in [0.05, 0.1) is 0 Å². The topological polar surface area (TPSA) is 64.3 Å². The Morgan fingerprint density at radius 3 is 2.20 bits per heavy atom. The van der Waals surface area contributed by atoms with Crippen LogP contribution < -0.4 is 11.1 Å². The van der Waals surface area contributed by atoms with Crippen LogP contribution in [0.1, 0.15) is 47.5 Å². The smallest absolute Gasteiger partial charge is 0.408 e. The lowest BCUT2D eigenvalue weighted by Crippen LogP contribution is -2.46. The molecule has 0 aliphatic heterocycles. The molecule has 0 aliphatic carbocycles. The summed E-state index contributed by atoms with van der Waals surface area (Å²) in [5, 5.41) is 2.83. The largest absolute Gasteiger partial charge is 0.444 e. The van der Waals surface area contributed by atoms with Crippen LogP contribution in [0, 0.1) is 0 Å². The molecule has 0 spiro atoms. The number of hydrogen-bond acceptors (Lipinski definition) is 3. The predicted molar refractivity (Wildman–Crippen MR) is 61.7 cm³/mol. The molecule has 0 aromatic carbocycles. The Labute approximate surface area is 92.6 Å². The number of nitrogens with one attached hydrogen (secondary N) is 1. The van der Waals surface area contributed by atoms with Crippen molar-refractivity contribution in [2.75, 3.05) is 6.54 Å². The molecule has 0 heterocycles. The van der Waals surface area contributed by atoms with Gasteiger partial charge in [0, 0.05) is 5.54 Å². The van der Waals surface area contributed by atoms with E-state index in [9.17, 15) is 4.79 Å². The van der Waals surface area contributed by atoms with Crippen molar-refractivity contribution in [1.82, 2.24) is 5.32 Å². The molecule has 4 nitrogen and oxygen atoms in total. The van der Waals surface area contributed by atoms with Gasteiger partial charge in [-0.15, -0.1) is 0 Å². The molecule has 0 atom stereocenters. The van der Waals surface area contributed by atoms with Crippen molar-refractivity contribution in [1.29, 1.82) is 0 Å². The van der Waals surface area contributed by atoms with E-state index in [1.807, 2.05) is 34.6 Å². The van der Waals surface area contributed by atoms with Crippen LogP contribution in [-0.2, 0) is 4.74 Å². The Balaban J connectivity index is 4.04. The first kappa shape index (κ1) is 14.2. The average Bonchev–Trinajstić information content (AvgIpc) is 1.95. The monoisotopic (exact) mass is 216 g/mol. The van der Waals surface area contributed by atoms with Crippen molar-refractivity contribution in [3.63, 3.8) is 0 Å². The lowest BCUT2D eigenvalue weighted by Gasteiger charge is -2.28. The zero-order valence-corrected chi connectivity index (χ0v) is 10.5. The molecule has 0 aromatic heterocycles. The van der Waals surface area contributed by atoms with Crippen LogP contribution in [0.5, 0.6) is 0 Å². The molecule has 0 unspecified atom stereocenters. The third kappa shape index (κ3) is 8.24. The molecule has 1 amide bonds. The Morgan fingerprint density at radius 1 is 1.27 bits per heavy atom. The van der Waals surface area contributed by atoms with Crippen LogP contribution in [0.2, 0.25) is 0 Å². The summed E-state index contributed by atoms with van der Waals surface area (Å²) in [6.07, 6.45) is 1.37. The van der Waals surface area contributed by atoms with Gasteiger partial charge in [-0.2, -0.15) is 0 Å². The molecule has 0 fully saturated rings. The number of rotatable bonds is 4. The van der Waals surface area contributed by atoms with E-state index in [0.717, 1.165) is 12.8 Å². The fraction of sp³-hybridized carbons (Fsp3) is 0.909. The molecular weight excluding hydrogens is 192 g/mol. The number of ether oxygens (including phenoxy) is 1. The van der Waals surface area contributed by atoms with E-state index in [2.05, 4.69) is 5.32 Å². The minimum absolute atomic E-state index is 0.262. The van der Waals surface area contributed by atoms with Crippen LogP contribution in [0.4, 0.5) is 4.79 Å². The maximum absolute atomic E-state index is 11.5. The van der Waals surface area contributed by atoms with Gasteiger partial charge in [-0.05, 0) is 54.0 Å². The maximum atomic E-state index is 11.5. The average molecular weight is 216 g/mol. The first-order valence-electron chi connectivity index (χ1n) is 5.37. The quantitative estimate of drug-likeness (QED) is 0.755. The van der Waals surface area contributed by atoms with Gasteiger partial charge in [-0.1, -0.05) is 0 Å². The minimum atomic E-state index is -0.450. The first-order valence-corrected chi connectivity index (χ1v) is 5.37. The van der Waals surface area contributed by atoms with Crippen LogP contribution in [0.15, 0.2) is 0 Å². The normalized spacial score (nSPS) is 12.4. The molecule has 90 valence electrons. The second-order valence-corrected chi connectivity index (χ2v) is 5.40. The van der Waals surface area contributed by atoms with Crippen molar-refractivity contribution in [2.24, 2.45) is 5.73 Å².